The van der Waals surface area contributed by atoms with Crippen molar-refractivity contribution in [2.75, 3.05) is 7.11 Å². The van der Waals surface area contributed by atoms with Crippen LogP contribution in [0, 0.1) is 0 Å². The first-order valence-electron chi connectivity index (χ1n) is 6.56. The van der Waals surface area contributed by atoms with Gasteiger partial charge in [-0.2, -0.15) is 13.2 Å². The third kappa shape index (κ3) is 2.57. The Morgan fingerprint density at radius 3 is 2.43 bits per heavy atom. The molecule has 1 aliphatic rings. The number of benzene rings is 1. The molecule has 21 heavy (non-hydrogen) atoms. The lowest BCUT2D eigenvalue weighted by molar-refractivity contribution is -0.142. The molecule has 0 aromatic heterocycles. The van der Waals surface area contributed by atoms with E-state index in [4.69, 9.17) is 9.94 Å². The fraction of sp³-hybridized carbons (Fsp3) is 0.500. The zero-order valence-electron chi connectivity index (χ0n) is 11.5. The van der Waals surface area contributed by atoms with Crippen LogP contribution in [-0.2, 0) is 16.4 Å². The van der Waals surface area contributed by atoms with Gasteiger partial charge in [-0.1, -0.05) is 25.0 Å². The van der Waals surface area contributed by atoms with Crippen molar-refractivity contribution in [1.29, 1.82) is 0 Å². The monoisotopic (exact) mass is 303 g/mol. The van der Waals surface area contributed by atoms with E-state index in [1.165, 1.54) is 23.7 Å². The second-order valence-electron chi connectivity index (χ2n) is 5.11. The topological polar surface area (TPSA) is 58.6 Å². The van der Waals surface area contributed by atoms with Gasteiger partial charge in [0.05, 0.1) is 12.5 Å². The number of methoxy groups -OCH3 is 1. The Kier molecular flexibility index (Phi) is 4.13. The molecule has 2 N–H and O–H groups in total. The summed E-state index contributed by atoms with van der Waals surface area (Å²) >= 11 is 0. The SMILES string of the molecule is COc1cccc(C2(C(=O)NO)CCCC2)c1C(F)(F)F. The highest BCUT2D eigenvalue weighted by Gasteiger charge is 2.49. The number of nitrogens with one attached hydrogen (secondary N) is 1. The number of rotatable bonds is 3. The van der Waals surface area contributed by atoms with Crippen LogP contribution in [0.1, 0.15) is 36.8 Å². The largest absolute Gasteiger partial charge is 0.496 e. The van der Waals surface area contributed by atoms with Gasteiger partial charge < -0.3 is 4.74 Å². The molecule has 116 valence electrons. The molecule has 1 fully saturated rings. The van der Waals surface area contributed by atoms with Gasteiger partial charge in [0, 0.05) is 0 Å². The van der Waals surface area contributed by atoms with Crippen LogP contribution in [0.3, 0.4) is 0 Å². The number of hydrogen-bond donors (Lipinski definition) is 2. The molecule has 0 aliphatic heterocycles. The van der Waals surface area contributed by atoms with Crippen LogP contribution < -0.4 is 10.2 Å². The first kappa shape index (κ1) is 15.6. The third-order valence-electron chi connectivity index (χ3n) is 4.04. The van der Waals surface area contributed by atoms with Crippen molar-refractivity contribution in [3.8, 4) is 5.75 Å². The number of ether oxygens (including phenoxy) is 1. The van der Waals surface area contributed by atoms with Gasteiger partial charge in [-0.3, -0.25) is 10.0 Å². The first-order chi connectivity index (χ1) is 9.86. The molecule has 0 radical (unpaired) electrons. The van der Waals surface area contributed by atoms with Crippen LogP contribution in [0.2, 0.25) is 0 Å². The molecule has 0 bridgehead atoms. The summed E-state index contributed by atoms with van der Waals surface area (Å²) in [5.74, 6) is -1.13. The van der Waals surface area contributed by atoms with Crippen molar-refractivity contribution in [1.82, 2.24) is 5.48 Å². The van der Waals surface area contributed by atoms with E-state index in [1.54, 1.807) is 0 Å². The summed E-state index contributed by atoms with van der Waals surface area (Å²) in [6.07, 6.45) is -2.87. The van der Waals surface area contributed by atoms with E-state index in [2.05, 4.69) is 0 Å². The number of hydroxylamine groups is 1. The van der Waals surface area contributed by atoms with Gasteiger partial charge >= 0.3 is 6.18 Å². The second kappa shape index (κ2) is 5.55. The van der Waals surface area contributed by atoms with Crippen LogP contribution in [-0.4, -0.2) is 18.2 Å². The molecular formula is C14H16F3NO3. The van der Waals surface area contributed by atoms with Crippen LogP contribution in [0.15, 0.2) is 18.2 Å². The summed E-state index contributed by atoms with van der Waals surface area (Å²) in [6, 6.07) is 3.92. The van der Waals surface area contributed by atoms with Crippen molar-refractivity contribution in [2.45, 2.75) is 37.3 Å². The lowest BCUT2D eigenvalue weighted by atomic mass is 9.75. The second-order valence-corrected chi connectivity index (χ2v) is 5.11. The molecule has 7 heteroatoms. The molecule has 0 heterocycles. The highest BCUT2D eigenvalue weighted by atomic mass is 19.4. The number of carbonyl (C=O) groups is 1. The van der Waals surface area contributed by atoms with E-state index in [-0.39, 0.29) is 24.2 Å². The Bertz CT molecular complexity index is 537. The minimum absolute atomic E-state index is 0.140. The predicted molar refractivity (Wildman–Crippen MR) is 68.1 cm³/mol. The van der Waals surface area contributed by atoms with Gasteiger partial charge in [-0.15, -0.1) is 0 Å². The van der Waals surface area contributed by atoms with E-state index in [9.17, 15) is 18.0 Å². The Labute approximate surface area is 119 Å². The number of alkyl halides is 3. The third-order valence-corrected chi connectivity index (χ3v) is 4.04. The van der Waals surface area contributed by atoms with Crippen LogP contribution in [0.5, 0.6) is 5.75 Å². The van der Waals surface area contributed by atoms with E-state index >= 15 is 0 Å². The molecular weight excluding hydrogens is 287 g/mol. The van der Waals surface area contributed by atoms with Crippen LogP contribution >= 0.6 is 0 Å². The molecule has 0 atom stereocenters. The van der Waals surface area contributed by atoms with Crippen molar-refractivity contribution >= 4 is 5.91 Å². The van der Waals surface area contributed by atoms with Gasteiger partial charge in [0.15, 0.2) is 0 Å². The fourth-order valence-electron chi connectivity index (χ4n) is 3.10. The number of carbonyl (C=O) groups excluding carboxylic acids is 1. The van der Waals surface area contributed by atoms with Gasteiger partial charge in [0.25, 0.3) is 5.91 Å². The fourth-order valence-corrected chi connectivity index (χ4v) is 3.10. The summed E-state index contributed by atoms with van der Waals surface area (Å²) < 4.78 is 45.1. The molecule has 1 aliphatic carbocycles. The van der Waals surface area contributed by atoms with Crippen molar-refractivity contribution in [3.63, 3.8) is 0 Å². The minimum atomic E-state index is -4.65. The Hall–Kier alpha value is -1.76. The van der Waals surface area contributed by atoms with Gasteiger partial charge in [0.2, 0.25) is 0 Å². The number of hydrogen-bond acceptors (Lipinski definition) is 3. The Morgan fingerprint density at radius 1 is 1.33 bits per heavy atom. The quantitative estimate of drug-likeness (QED) is 0.666. The molecule has 0 unspecified atom stereocenters. The number of halogens is 3. The molecule has 1 aromatic carbocycles. The normalized spacial score (nSPS) is 17.6. The van der Waals surface area contributed by atoms with E-state index in [0.717, 1.165) is 7.11 Å². The van der Waals surface area contributed by atoms with Crippen LogP contribution in [0.4, 0.5) is 13.2 Å². The molecule has 1 amide bonds. The standard InChI is InChI=1S/C14H16F3NO3/c1-21-10-6-4-5-9(11(10)14(15,16)17)13(12(19)18-20)7-2-3-8-13/h4-6,20H,2-3,7-8H2,1H3,(H,18,19). The summed E-state index contributed by atoms with van der Waals surface area (Å²) in [6.45, 7) is 0. The van der Waals surface area contributed by atoms with Gasteiger partial charge in [-0.05, 0) is 24.5 Å². The highest BCUT2D eigenvalue weighted by Crippen LogP contribution is 2.49. The maximum Gasteiger partial charge on any atom is 0.420 e. The van der Waals surface area contributed by atoms with Crippen molar-refractivity contribution < 1.29 is 27.9 Å². The molecule has 0 saturated heterocycles. The lowest BCUT2D eigenvalue weighted by Gasteiger charge is -2.30. The lowest BCUT2D eigenvalue weighted by Crippen LogP contribution is -2.42. The summed E-state index contributed by atoms with van der Waals surface area (Å²) in [4.78, 5) is 12.0. The molecule has 1 saturated carbocycles. The summed E-state index contributed by atoms with van der Waals surface area (Å²) in [7, 11) is 1.15. The Morgan fingerprint density at radius 2 is 1.95 bits per heavy atom. The smallest absolute Gasteiger partial charge is 0.420 e. The van der Waals surface area contributed by atoms with Gasteiger partial charge in [-0.25, -0.2) is 5.48 Å². The molecule has 0 spiro atoms. The molecule has 2 rings (SSSR count). The van der Waals surface area contributed by atoms with Gasteiger partial charge in [0.1, 0.15) is 11.3 Å². The molecule has 4 nitrogen and oxygen atoms in total. The molecule has 1 aromatic rings. The minimum Gasteiger partial charge on any atom is -0.496 e. The zero-order valence-corrected chi connectivity index (χ0v) is 11.5. The first-order valence-corrected chi connectivity index (χ1v) is 6.56. The predicted octanol–water partition coefficient (Wildman–Crippen LogP) is 3.03. The summed E-state index contributed by atoms with van der Waals surface area (Å²) in [5.41, 5.74) is -0.938. The Balaban J connectivity index is 2.69. The van der Waals surface area contributed by atoms with Crippen molar-refractivity contribution in [3.05, 3.63) is 29.3 Å². The maximum atomic E-state index is 13.4. The van der Waals surface area contributed by atoms with Crippen molar-refractivity contribution in [2.24, 2.45) is 0 Å². The maximum absolute atomic E-state index is 13.4. The van der Waals surface area contributed by atoms with Crippen LogP contribution in [0.25, 0.3) is 0 Å². The van der Waals surface area contributed by atoms with E-state index < -0.39 is 23.1 Å². The van der Waals surface area contributed by atoms with E-state index in [0.29, 0.717) is 12.8 Å². The highest BCUT2D eigenvalue weighted by molar-refractivity contribution is 5.88. The summed E-state index contributed by atoms with van der Waals surface area (Å²) in [5, 5.41) is 8.93. The average molecular weight is 303 g/mol. The number of amides is 1. The zero-order chi connectivity index (χ0) is 15.7. The van der Waals surface area contributed by atoms with E-state index in [1.807, 2.05) is 0 Å². The average Bonchev–Trinajstić information content (AvgIpc) is 2.95.